The van der Waals surface area contributed by atoms with Gasteiger partial charge < -0.3 is 0 Å². The molecule has 14 saturated carbocycles. The van der Waals surface area contributed by atoms with Crippen molar-refractivity contribution in [3.05, 3.63) is 139 Å². The van der Waals surface area contributed by atoms with E-state index in [2.05, 4.69) is 127 Å². The Bertz CT molecular complexity index is 3100. The molecule has 8 unspecified atom stereocenters. The average molecular weight is 882 g/mol. The molecule has 0 N–H and O–H groups in total. The maximum atomic E-state index is 5.41. The van der Waals surface area contributed by atoms with Crippen molar-refractivity contribution in [2.24, 2.45) is 82.9 Å². The molecule has 0 saturated heterocycles. The predicted molar refractivity (Wildman–Crippen MR) is 271 cm³/mol. The molecule has 334 valence electrons. The zero-order valence-electron chi connectivity index (χ0n) is 39.0. The second-order valence-corrected chi connectivity index (χ2v) is 25.2. The molecule has 22 rings (SSSR count). The first-order valence-corrected chi connectivity index (χ1v) is 27.3. The van der Waals surface area contributed by atoms with Crippen LogP contribution in [0.2, 0.25) is 0 Å². The summed E-state index contributed by atoms with van der Waals surface area (Å²) in [6.07, 6.45) is 18.0. The average Bonchev–Trinajstić information content (AvgIpc) is 3.73. The summed E-state index contributed by atoms with van der Waals surface area (Å²) in [5.74, 6) is 15.8. The lowest BCUT2D eigenvalue weighted by Gasteiger charge is -2.74. The van der Waals surface area contributed by atoms with Crippen LogP contribution < -0.4 is 0 Å². The number of rotatable bonds is 6. The molecule has 0 amide bonds. The van der Waals surface area contributed by atoms with Crippen LogP contribution in [-0.2, 0) is 10.8 Å². The highest BCUT2D eigenvalue weighted by Crippen LogP contribution is 2.77. The second kappa shape index (κ2) is 12.9. The highest BCUT2D eigenvalue weighted by molar-refractivity contribution is 6.18. The summed E-state index contributed by atoms with van der Waals surface area (Å²) in [6, 6.07) is 49.1. The second-order valence-electron chi connectivity index (χ2n) is 25.2. The Labute approximate surface area is 400 Å². The third kappa shape index (κ3) is 4.59. The van der Waals surface area contributed by atoms with Gasteiger partial charge in [0, 0.05) is 27.5 Å². The number of hydrogen-bond acceptors (Lipinski definition) is 3. The third-order valence-electron chi connectivity index (χ3n) is 23.1. The Morgan fingerprint density at radius 1 is 0.309 bits per heavy atom. The summed E-state index contributed by atoms with van der Waals surface area (Å²) in [7, 11) is 0. The minimum absolute atomic E-state index is 0.395. The molecule has 15 aliphatic rings. The number of fused-ring (bicyclic) bond motifs is 3. The van der Waals surface area contributed by atoms with Crippen LogP contribution in [0, 0.1) is 82.9 Å². The lowest BCUT2D eigenvalue weighted by molar-refractivity contribution is -0.220. The Morgan fingerprint density at radius 3 is 1.16 bits per heavy atom. The summed E-state index contributed by atoms with van der Waals surface area (Å²) >= 11 is 0. The smallest absolute Gasteiger partial charge is 0.164 e. The van der Waals surface area contributed by atoms with Gasteiger partial charge >= 0.3 is 0 Å². The fourth-order valence-electron chi connectivity index (χ4n) is 21.5. The molecule has 6 aromatic carbocycles. The Hall–Kier alpha value is -5.41. The van der Waals surface area contributed by atoms with Gasteiger partial charge in [-0.1, -0.05) is 127 Å². The molecule has 8 atom stereocenters. The molecule has 1 heterocycles. The van der Waals surface area contributed by atoms with E-state index in [1.54, 1.807) is 24.0 Å². The predicted octanol–water partition coefficient (Wildman–Crippen LogP) is 15.3. The third-order valence-corrected chi connectivity index (χ3v) is 23.1. The van der Waals surface area contributed by atoms with Gasteiger partial charge in [-0.2, -0.15) is 0 Å². The van der Waals surface area contributed by atoms with Crippen LogP contribution in [0.15, 0.2) is 127 Å². The van der Waals surface area contributed by atoms with E-state index in [1.807, 2.05) is 0 Å². The van der Waals surface area contributed by atoms with Gasteiger partial charge in [0.05, 0.1) is 0 Å². The van der Waals surface area contributed by atoms with Crippen molar-refractivity contribution in [1.82, 2.24) is 15.0 Å². The van der Waals surface area contributed by atoms with Crippen molar-refractivity contribution in [3.63, 3.8) is 0 Å². The maximum absolute atomic E-state index is 5.41. The van der Waals surface area contributed by atoms with Gasteiger partial charge in [0.2, 0.25) is 0 Å². The number of aromatic nitrogens is 3. The molecule has 0 aliphatic heterocycles. The van der Waals surface area contributed by atoms with Gasteiger partial charge in [-0.15, -0.1) is 0 Å². The molecule has 7 aromatic rings. The van der Waals surface area contributed by atoms with Crippen LogP contribution in [-0.4, -0.2) is 15.0 Å². The van der Waals surface area contributed by atoms with E-state index in [9.17, 15) is 0 Å². The number of benzene rings is 6. The maximum Gasteiger partial charge on any atom is 0.164 e. The Balaban J connectivity index is 0.733. The molecular formula is C65H59N3. The van der Waals surface area contributed by atoms with Gasteiger partial charge in [-0.25, -0.2) is 15.0 Å². The van der Waals surface area contributed by atoms with Crippen LogP contribution in [0.4, 0.5) is 0 Å². The van der Waals surface area contributed by atoms with Crippen molar-refractivity contribution in [2.75, 3.05) is 0 Å². The molecule has 3 heteroatoms. The topological polar surface area (TPSA) is 38.7 Å². The van der Waals surface area contributed by atoms with E-state index in [0.29, 0.717) is 10.8 Å². The number of hydrogen-bond donors (Lipinski definition) is 0. The van der Waals surface area contributed by atoms with E-state index in [0.717, 1.165) is 117 Å². The molecule has 14 fully saturated rings. The van der Waals surface area contributed by atoms with Crippen LogP contribution in [0.1, 0.15) is 88.2 Å². The standard InChI is InChI=1S/C65H59N3/c1-2-5-46-45(4-1)48-7-3-6-47-44(20-21-49(46)60(47)48)38-8-10-39(11-9-38)61-66-62(40-12-16-42(17-13-40)64-32-36-24-52-50-22-34(28-56(52)64)29-57(64)53(50)25-36)68-63(67-61)41-14-18-43(19-15-41)65-33-37-26-54-51-23-35(30-58(54)65)31-59(65)55(51)27-37/h1-21,34-37,50-59H,22-33H2. The van der Waals surface area contributed by atoms with Crippen LogP contribution in [0.25, 0.3) is 78.3 Å². The van der Waals surface area contributed by atoms with E-state index in [4.69, 9.17) is 15.0 Å². The zero-order chi connectivity index (χ0) is 43.8. The van der Waals surface area contributed by atoms with Gasteiger partial charge in [0.15, 0.2) is 17.5 Å². The molecule has 0 radical (unpaired) electrons. The molecule has 0 spiro atoms. The highest BCUT2D eigenvalue weighted by atomic mass is 15.0. The lowest BCUT2D eigenvalue weighted by atomic mass is 9.30. The van der Waals surface area contributed by atoms with Crippen LogP contribution in [0.5, 0.6) is 0 Å². The highest BCUT2D eigenvalue weighted by Gasteiger charge is 2.71. The van der Waals surface area contributed by atoms with Crippen LogP contribution >= 0.6 is 0 Å². The monoisotopic (exact) mass is 881 g/mol. The van der Waals surface area contributed by atoms with Gasteiger partial charge in [0.25, 0.3) is 0 Å². The molecule has 1 aromatic heterocycles. The van der Waals surface area contributed by atoms with Gasteiger partial charge in [-0.05, 0) is 215 Å². The first-order chi connectivity index (χ1) is 33.6. The van der Waals surface area contributed by atoms with E-state index < -0.39 is 0 Å². The van der Waals surface area contributed by atoms with E-state index >= 15 is 0 Å². The lowest BCUT2D eigenvalue weighted by Crippen LogP contribution is -2.69. The Kier molecular flexibility index (Phi) is 7.09. The first kappa shape index (κ1) is 37.5. The van der Waals surface area contributed by atoms with Crippen molar-refractivity contribution in [2.45, 2.75) is 87.9 Å². The summed E-state index contributed by atoms with van der Waals surface area (Å²) < 4.78 is 0. The number of nitrogens with zero attached hydrogens (tertiary/aromatic N) is 3. The first-order valence-electron chi connectivity index (χ1n) is 27.3. The van der Waals surface area contributed by atoms with E-state index in [-0.39, 0.29) is 0 Å². The Morgan fingerprint density at radius 2 is 0.691 bits per heavy atom. The van der Waals surface area contributed by atoms with Crippen molar-refractivity contribution in [1.29, 1.82) is 0 Å². The van der Waals surface area contributed by atoms with Gasteiger partial charge in [-0.3, -0.25) is 0 Å². The molecule has 3 nitrogen and oxygen atoms in total. The summed E-state index contributed by atoms with van der Waals surface area (Å²) in [4.78, 5) is 16.2. The molecule has 68 heavy (non-hydrogen) atoms. The SMILES string of the molecule is c1ccc2c(c1)-c1cccc3c(-c4ccc(-c5nc(-c6ccc(C78CC9CC%10C%11CC(CC%107)CC8C%11C9)cc6)nc(-c6ccc(C78CC9CC%10C%11CC(CC%107)CC8C%11C9)cc6)n5)cc4)ccc-2c13. The van der Waals surface area contributed by atoms with Crippen LogP contribution in [0.3, 0.4) is 0 Å². The quantitative estimate of drug-likeness (QED) is 0.167. The normalized spacial score (nSPS) is 39.2. The molecule has 15 aliphatic carbocycles. The fourth-order valence-corrected chi connectivity index (χ4v) is 21.5. The van der Waals surface area contributed by atoms with Crippen molar-refractivity contribution < 1.29 is 0 Å². The minimum Gasteiger partial charge on any atom is -0.208 e. The van der Waals surface area contributed by atoms with Crippen molar-refractivity contribution >= 4 is 10.8 Å². The van der Waals surface area contributed by atoms with Gasteiger partial charge in [0.1, 0.15) is 0 Å². The minimum atomic E-state index is 0.395. The summed E-state index contributed by atoms with van der Waals surface area (Å²) in [6.45, 7) is 0. The summed E-state index contributed by atoms with van der Waals surface area (Å²) in [5.41, 5.74) is 15.1. The fraction of sp³-hybridized carbons (Fsp3) is 0.431. The largest absolute Gasteiger partial charge is 0.208 e. The molecule has 16 bridgehead atoms. The molecular weight excluding hydrogens is 823 g/mol. The van der Waals surface area contributed by atoms with Crippen molar-refractivity contribution in [3.8, 4) is 67.5 Å². The summed E-state index contributed by atoms with van der Waals surface area (Å²) in [5, 5.41) is 2.67. The van der Waals surface area contributed by atoms with E-state index in [1.165, 1.54) is 108 Å². The zero-order valence-corrected chi connectivity index (χ0v) is 39.0.